The Kier molecular flexibility index (Phi) is 5.86. The van der Waals surface area contributed by atoms with Crippen molar-refractivity contribution in [1.29, 1.82) is 0 Å². The van der Waals surface area contributed by atoms with Crippen LogP contribution < -0.4 is 10.6 Å². The molecule has 0 radical (unpaired) electrons. The lowest BCUT2D eigenvalue weighted by Crippen LogP contribution is -2.47. The molecular weight excluding hydrogens is 334 g/mol. The maximum Gasteiger partial charge on any atom is 0.191 e. The van der Waals surface area contributed by atoms with Gasteiger partial charge in [-0.25, -0.2) is 4.99 Å². The number of likely N-dealkylation sites (tertiary alicyclic amines) is 1. The summed E-state index contributed by atoms with van der Waals surface area (Å²) in [7, 11) is 0. The molecule has 5 heteroatoms. The SMILES string of the molecule is CC1CCCN(C(N)=NCc2ccc(N3CCN(CC4CC4)CC3)cc2)C1. The summed E-state index contributed by atoms with van der Waals surface area (Å²) >= 11 is 0. The zero-order valence-electron chi connectivity index (χ0n) is 16.8. The number of nitrogens with two attached hydrogens (primary N) is 1. The summed E-state index contributed by atoms with van der Waals surface area (Å²) in [6.07, 6.45) is 5.43. The minimum atomic E-state index is 0.673. The topological polar surface area (TPSA) is 48.1 Å². The van der Waals surface area contributed by atoms with Crippen LogP contribution in [0, 0.1) is 11.8 Å². The van der Waals surface area contributed by atoms with Crippen molar-refractivity contribution >= 4 is 11.6 Å². The second kappa shape index (κ2) is 8.51. The molecule has 2 aliphatic heterocycles. The highest BCUT2D eigenvalue weighted by molar-refractivity contribution is 5.78. The zero-order valence-corrected chi connectivity index (χ0v) is 16.8. The normalized spacial score (nSPS) is 25.1. The van der Waals surface area contributed by atoms with Crippen molar-refractivity contribution < 1.29 is 0 Å². The second-order valence-electron chi connectivity index (χ2n) is 8.77. The molecule has 1 aliphatic carbocycles. The van der Waals surface area contributed by atoms with E-state index in [1.54, 1.807) is 0 Å². The average molecular weight is 370 g/mol. The molecule has 0 aromatic heterocycles. The highest BCUT2D eigenvalue weighted by Gasteiger charge is 2.26. The fourth-order valence-electron chi connectivity index (χ4n) is 4.34. The lowest BCUT2D eigenvalue weighted by Gasteiger charge is -2.36. The fraction of sp³-hybridized carbons (Fsp3) is 0.682. The van der Waals surface area contributed by atoms with Crippen LogP contribution in [0.15, 0.2) is 29.3 Å². The molecule has 3 aliphatic rings. The first-order valence-corrected chi connectivity index (χ1v) is 10.8. The van der Waals surface area contributed by atoms with E-state index < -0.39 is 0 Å². The molecule has 1 aromatic carbocycles. The van der Waals surface area contributed by atoms with Gasteiger partial charge in [-0.2, -0.15) is 0 Å². The Morgan fingerprint density at radius 2 is 1.78 bits per heavy atom. The predicted octanol–water partition coefficient (Wildman–Crippen LogP) is 2.77. The van der Waals surface area contributed by atoms with E-state index in [0.717, 1.165) is 38.0 Å². The van der Waals surface area contributed by atoms with E-state index in [0.29, 0.717) is 12.5 Å². The van der Waals surface area contributed by atoms with Crippen molar-refractivity contribution in [2.45, 2.75) is 39.2 Å². The molecule has 2 N–H and O–H groups in total. The van der Waals surface area contributed by atoms with E-state index in [4.69, 9.17) is 5.73 Å². The number of aliphatic imine (C=N–C) groups is 1. The zero-order chi connectivity index (χ0) is 18.6. The summed E-state index contributed by atoms with van der Waals surface area (Å²) < 4.78 is 0. The second-order valence-corrected chi connectivity index (χ2v) is 8.77. The van der Waals surface area contributed by atoms with Crippen molar-refractivity contribution in [1.82, 2.24) is 9.80 Å². The molecule has 0 amide bonds. The standard InChI is InChI=1S/C22H35N5/c1-18-3-2-10-27(16-18)22(23)24-15-19-6-8-21(9-7-19)26-13-11-25(12-14-26)17-20-4-5-20/h6-9,18,20H,2-5,10-17H2,1H3,(H2,23,24). The molecule has 3 fully saturated rings. The molecule has 5 nitrogen and oxygen atoms in total. The number of nitrogens with zero attached hydrogens (tertiary/aromatic N) is 4. The van der Waals surface area contributed by atoms with Crippen LogP contribution in [-0.2, 0) is 6.54 Å². The van der Waals surface area contributed by atoms with E-state index in [9.17, 15) is 0 Å². The Labute approximate surface area is 164 Å². The molecule has 1 aromatic rings. The van der Waals surface area contributed by atoms with Gasteiger partial charge in [0.05, 0.1) is 6.54 Å². The summed E-state index contributed by atoms with van der Waals surface area (Å²) in [5, 5.41) is 0. The van der Waals surface area contributed by atoms with E-state index >= 15 is 0 Å². The van der Waals surface area contributed by atoms with Gasteiger partial charge in [0.15, 0.2) is 5.96 Å². The number of piperidine rings is 1. The van der Waals surface area contributed by atoms with Crippen LogP contribution in [0.3, 0.4) is 0 Å². The fourth-order valence-corrected chi connectivity index (χ4v) is 4.34. The Balaban J connectivity index is 1.26. The van der Waals surface area contributed by atoms with Gasteiger partial charge in [-0.15, -0.1) is 0 Å². The average Bonchev–Trinajstić information content (AvgIpc) is 3.51. The Hall–Kier alpha value is -1.75. The number of piperazine rings is 1. The smallest absolute Gasteiger partial charge is 0.191 e. The Morgan fingerprint density at radius 1 is 1.04 bits per heavy atom. The molecule has 1 unspecified atom stereocenters. The molecular formula is C22H35N5. The van der Waals surface area contributed by atoms with Crippen molar-refractivity contribution in [3.05, 3.63) is 29.8 Å². The van der Waals surface area contributed by atoms with Gasteiger partial charge in [-0.1, -0.05) is 19.1 Å². The molecule has 0 spiro atoms. The van der Waals surface area contributed by atoms with Gasteiger partial charge < -0.3 is 15.5 Å². The van der Waals surface area contributed by atoms with Gasteiger partial charge in [0.25, 0.3) is 0 Å². The van der Waals surface area contributed by atoms with Crippen molar-refractivity contribution in [3.8, 4) is 0 Å². The van der Waals surface area contributed by atoms with E-state index in [1.807, 2.05) is 0 Å². The summed E-state index contributed by atoms with van der Waals surface area (Å²) in [6, 6.07) is 8.92. The van der Waals surface area contributed by atoms with Crippen LogP contribution in [0.25, 0.3) is 0 Å². The third kappa shape index (κ3) is 5.16. The minimum Gasteiger partial charge on any atom is -0.370 e. The molecule has 148 valence electrons. The lowest BCUT2D eigenvalue weighted by atomic mass is 10.0. The summed E-state index contributed by atoms with van der Waals surface area (Å²) in [4.78, 5) is 12.0. The first-order chi connectivity index (χ1) is 13.2. The van der Waals surface area contributed by atoms with Gasteiger partial charge in [-0.05, 0) is 55.2 Å². The Bertz CT molecular complexity index is 629. The van der Waals surface area contributed by atoms with Crippen molar-refractivity contribution in [2.75, 3.05) is 50.7 Å². The lowest BCUT2D eigenvalue weighted by molar-refractivity contribution is 0.248. The van der Waals surface area contributed by atoms with Gasteiger partial charge in [0.2, 0.25) is 0 Å². The third-order valence-electron chi connectivity index (χ3n) is 6.29. The number of rotatable bonds is 5. The van der Waals surface area contributed by atoms with Crippen molar-refractivity contribution in [2.24, 2.45) is 22.6 Å². The number of anilines is 1. The van der Waals surface area contributed by atoms with Gasteiger partial charge in [0, 0.05) is 51.5 Å². The molecule has 27 heavy (non-hydrogen) atoms. The first-order valence-electron chi connectivity index (χ1n) is 10.8. The largest absolute Gasteiger partial charge is 0.370 e. The quantitative estimate of drug-likeness (QED) is 0.640. The molecule has 0 bridgehead atoms. The number of guanidine groups is 1. The third-order valence-corrected chi connectivity index (χ3v) is 6.29. The first kappa shape index (κ1) is 18.6. The molecule has 1 atom stereocenters. The molecule has 1 saturated carbocycles. The highest BCUT2D eigenvalue weighted by atomic mass is 15.3. The summed E-state index contributed by atoms with van der Waals surface area (Å²) in [6.45, 7) is 11.1. The van der Waals surface area contributed by atoms with Crippen molar-refractivity contribution in [3.63, 3.8) is 0 Å². The maximum absolute atomic E-state index is 6.22. The predicted molar refractivity (Wildman–Crippen MR) is 113 cm³/mol. The molecule has 4 rings (SSSR count). The van der Waals surface area contributed by atoms with E-state index in [-0.39, 0.29) is 0 Å². The highest BCUT2D eigenvalue weighted by Crippen LogP contribution is 2.30. The van der Waals surface area contributed by atoms with Crippen LogP contribution in [0.1, 0.15) is 38.2 Å². The molecule has 2 saturated heterocycles. The van der Waals surface area contributed by atoms with Crippen LogP contribution in [0.2, 0.25) is 0 Å². The van der Waals surface area contributed by atoms with Crippen LogP contribution >= 0.6 is 0 Å². The van der Waals surface area contributed by atoms with E-state index in [2.05, 4.69) is 50.9 Å². The minimum absolute atomic E-state index is 0.673. The maximum atomic E-state index is 6.22. The van der Waals surface area contributed by atoms with Crippen LogP contribution in [0.4, 0.5) is 5.69 Å². The van der Waals surface area contributed by atoms with Gasteiger partial charge in [-0.3, -0.25) is 4.90 Å². The Morgan fingerprint density at radius 3 is 2.44 bits per heavy atom. The summed E-state index contributed by atoms with van der Waals surface area (Å²) in [5.41, 5.74) is 8.79. The van der Waals surface area contributed by atoms with Crippen LogP contribution in [-0.4, -0.2) is 61.6 Å². The van der Waals surface area contributed by atoms with Gasteiger partial charge in [0.1, 0.15) is 0 Å². The number of benzene rings is 1. The molecule has 2 heterocycles. The number of hydrogen-bond donors (Lipinski definition) is 1. The van der Waals surface area contributed by atoms with Gasteiger partial charge >= 0.3 is 0 Å². The summed E-state index contributed by atoms with van der Waals surface area (Å²) in [5.74, 6) is 2.42. The monoisotopic (exact) mass is 369 g/mol. The van der Waals surface area contributed by atoms with Crippen LogP contribution in [0.5, 0.6) is 0 Å². The number of hydrogen-bond acceptors (Lipinski definition) is 3. The van der Waals surface area contributed by atoms with E-state index in [1.165, 1.54) is 56.6 Å².